The van der Waals surface area contributed by atoms with Gasteiger partial charge in [0.1, 0.15) is 5.60 Å². The molecular weight excluding hydrogens is 437 g/mol. The Morgan fingerprint density at radius 3 is 2.09 bits per heavy atom. The van der Waals surface area contributed by atoms with Crippen LogP contribution < -0.4 is 0 Å². The van der Waals surface area contributed by atoms with Crippen molar-refractivity contribution in [1.82, 2.24) is 9.78 Å². The van der Waals surface area contributed by atoms with Crippen molar-refractivity contribution in [2.75, 3.05) is 0 Å². The molecule has 4 rings (SSSR count). The van der Waals surface area contributed by atoms with E-state index in [1.165, 1.54) is 6.07 Å². The van der Waals surface area contributed by atoms with Gasteiger partial charge < -0.3 is 5.11 Å². The Hall–Kier alpha value is -3.09. The van der Waals surface area contributed by atoms with Crippen molar-refractivity contribution in [2.24, 2.45) is 0 Å². The second-order valence-electron chi connectivity index (χ2n) is 7.99. The number of hydrogen-bond donors (Lipinski definition) is 1. The van der Waals surface area contributed by atoms with E-state index in [1.807, 2.05) is 30.3 Å². The predicted molar refractivity (Wildman–Crippen MR) is 120 cm³/mol. The standard InChI is InChI=1S/C25H20ClF3N2O/c1-24(2,32)23-15-22(31(30-23)21-9-4-3-8-20(21)26)17-12-10-16(11-13-17)18-6-5-7-19(14-18)25(27,28)29/h3-15,32H,1-2H3. The minimum atomic E-state index is -4.40. The van der Waals surface area contributed by atoms with E-state index in [0.29, 0.717) is 33.2 Å². The molecule has 0 aliphatic carbocycles. The van der Waals surface area contributed by atoms with Crippen LogP contribution in [0.3, 0.4) is 0 Å². The number of hydrogen-bond acceptors (Lipinski definition) is 2. The molecule has 164 valence electrons. The van der Waals surface area contributed by atoms with Crippen LogP contribution >= 0.6 is 11.6 Å². The molecule has 0 fully saturated rings. The molecule has 1 heterocycles. The molecule has 3 nitrogen and oxygen atoms in total. The molecular formula is C25H20ClF3N2O. The van der Waals surface area contributed by atoms with Crippen LogP contribution in [0.25, 0.3) is 28.1 Å². The molecule has 4 aromatic rings. The van der Waals surface area contributed by atoms with Crippen LogP contribution in [0, 0.1) is 0 Å². The summed E-state index contributed by atoms with van der Waals surface area (Å²) >= 11 is 6.38. The molecule has 7 heteroatoms. The van der Waals surface area contributed by atoms with E-state index < -0.39 is 17.3 Å². The van der Waals surface area contributed by atoms with Crippen molar-refractivity contribution >= 4 is 11.6 Å². The number of rotatable bonds is 4. The average Bonchev–Trinajstić information content (AvgIpc) is 3.19. The Morgan fingerprint density at radius 1 is 0.812 bits per heavy atom. The van der Waals surface area contributed by atoms with Gasteiger partial charge in [0, 0.05) is 5.56 Å². The van der Waals surface area contributed by atoms with Crippen molar-refractivity contribution < 1.29 is 18.3 Å². The second kappa shape index (κ2) is 8.11. The molecule has 1 N–H and O–H groups in total. The quantitative estimate of drug-likeness (QED) is 0.355. The number of aliphatic hydroxyl groups is 1. The van der Waals surface area contributed by atoms with E-state index in [-0.39, 0.29) is 0 Å². The Balaban J connectivity index is 1.78. The highest BCUT2D eigenvalue weighted by Gasteiger charge is 2.30. The monoisotopic (exact) mass is 456 g/mol. The summed E-state index contributed by atoms with van der Waals surface area (Å²) in [6.45, 7) is 3.29. The number of benzene rings is 3. The zero-order valence-electron chi connectivity index (χ0n) is 17.4. The first-order valence-electron chi connectivity index (χ1n) is 9.90. The molecule has 0 aliphatic heterocycles. The lowest BCUT2D eigenvalue weighted by Crippen LogP contribution is -2.16. The fourth-order valence-corrected chi connectivity index (χ4v) is 3.62. The third-order valence-electron chi connectivity index (χ3n) is 5.12. The van der Waals surface area contributed by atoms with Gasteiger partial charge >= 0.3 is 6.18 Å². The fraction of sp³-hybridized carbons (Fsp3) is 0.160. The lowest BCUT2D eigenvalue weighted by atomic mass is 10.00. The number of aromatic nitrogens is 2. The molecule has 1 aromatic heterocycles. The van der Waals surface area contributed by atoms with E-state index >= 15 is 0 Å². The van der Waals surface area contributed by atoms with Crippen molar-refractivity contribution in [3.8, 4) is 28.1 Å². The van der Waals surface area contributed by atoms with Crippen LogP contribution in [0.15, 0.2) is 78.9 Å². The van der Waals surface area contributed by atoms with Gasteiger partial charge in [0.15, 0.2) is 0 Å². The van der Waals surface area contributed by atoms with Crippen molar-refractivity contribution in [1.29, 1.82) is 0 Å². The summed E-state index contributed by atoms with van der Waals surface area (Å²) in [5.41, 5.74) is 1.88. The summed E-state index contributed by atoms with van der Waals surface area (Å²) in [5, 5.41) is 15.5. The van der Waals surface area contributed by atoms with Gasteiger partial charge in [-0.15, -0.1) is 0 Å². The molecule has 0 unspecified atom stereocenters. The third-order valence-corrected chi connectivity index (χ3v) is 5.44. The third kappa shape index (κ3) is 4.42. The minimum absolute atomic E-state index is 0.467. The molecule has 0 saturated heterocycles. The van der Waals surface area contributed by atoms with Gasteiger partial charge in [0.05, 0.1) is 27.7 Å². The zero-order valence-corrected chi connectivity index (χ0v) is 18.1. The highest BCUT2D eigenvalue weighted by atomic mass is 35.5. The van der Waals surface area contributed by atoms with Crippen LogP contribution in [0.5, 0.6) is 0 Å². The van der Waals surface area contributed by atoms with E-state index in [0.717, 1.165) is 17.7 Å². The SMILES string of the molecule is CC(C)(O)c1cc(-c2ccc(-c3cccc(C(F)(F)F)c3)cc2)n(-c2ccccc2Cl)n1. The second-order valence-corrected chi connectivity index (χ2v) is 8.40. The molecule has 0 spiro atoms. The average molecular weight is 457 g/mol. The first-order valence-corrected chi connectivity index (χ1v) is 10.3. The summed E-state index contributed by atoms with van der Waals surface area (Å²) in [5.74, 6) is 0. The summed E-state index contributed by atoms with van der Waals surface area (Å²) in [6, 6.07) is 21.4. The van der Waals surface area contributed by atoms with Crippen molar-refractivity contribution in [3.05, 3.63) is 95.1 Å². The number of halogens is 4. The number of para-hydroxylation sites is 1. The molecule has 0 radical (unpaired) electrons. The van der Waals surface area contributed by atoms with Gasteiger partial charge in [0.2, 0.25) is 0 Å². The summed E-state index contributed by atoms with van der Waals surface area (Å²) in [7, 11) is 0. The van der Waals surface area contributed by atoms with Crippen LogP contribution in [0.4, 0.5) is 13.2 Å². The van der Waals surface area contributed by atoms with Gasteiger partial charge in [0.25, 0.3) is 0 Å². The first-order chi connectivity index (χ1) is 15.0. The van der Waals surface area contributed by atoms with E-state index in [4.69, 9.17) is 11.6 Å². The summed E-state index contributed by atoms with van der Waals surface area (Å²) in [4.78, 5) is 0. The predicted octanol–water partition coefficient (Wildman–Crippen LogP) is 7.11. The molecule has 0 aliphatic rings. The lowest BCUT2D eigenvalue weighted by molar-refractivity contribution is -0.137. The Kier molecular flexibility index (Phi) is 5.61. The Morgan fingerprint density at radius 2 is 1.47 bits per heavy atom. The molecule has 3 aromatic carbocycles. The number of nitrogens with zero attached hydrogens (tertiary/aromatic N) is 2. The van der Waals surface area contributed by atoms with Crippen LogP contribution in [0.2, 0.25) is 5.02 Å². The maximum Gasteiger partial charge on any atom is 0.416 e. The van der Waals surface area contributed by atoms with Gasteiger partial charge in [-0.25, -0.2) is 4.68 Å². The lowest BCUT2D eigenvalue weighted by Gasteiger charge is -2.13. The van der Waals surface area contributed by atoms with Gasteiger partial charge in [-0.1, -0.05) is 60.1 Å². The minimum Gasteiger partial charge on any atom is -0.384 e. The molecule has 32 heavy (non-hydrogen) atoms. The maximum atomic E-state index is 13.1. The molecule has 0 amide bonds. The van der Waals surface area contributed by atoms with E-state index in [1.54, 1.807) is 48.9 Å². The van der Waals surface area contributed by atoms with E-state index in [2.05, 4.69) is 5.10 Å². The van der Waals surface area contributed by atoms with E-state index in [9.17, 15) is 18.3 Å². The molecule has 0 saturated carbocycles. The molecule has 0 bridgehead atoms. The largest absolute Gasteiger partial charge is 0.416 e. The summed E-state index contributed by atoms with van der Waals surface area (Å²) in [6.07, 6.45) is -4.40. The van der Waals surface area contributed by atoms with Crippen LogP contribution in [-0.2, 0) is 11.8 Å². The van der Waals surface area contributed by atoms with Crippen LogP contribution in [-0.4, -0.2) is 14.9 Å². The normalized spacial score (nSPS) is 12.2. The first kappa shape index (κ1) is 22.1. The maximum absolute atomic E-state index is 13.1. The van der Waals surface area contributed by atoms with Crippen LogP contribution in [0.1, 0.15) is 25.1 Å². The molecule has 0 atom stereocenters. The zero-order chi connectivity index (χ0) is 23.1. The van der Waals surface area contributed by atoms with Gasteiger partial charge in [-0.2, -0.15) is 18.3 Å². The van der Waals surface area contributed by atoms with Gasteiger partial charge in [-0.3, -0.25) is 0 Å². The Labute approximate surface area is 188 Å². The highest BCUT2D eigenvalue weighted by molar-refractivity contribution is 6.32. The summed E-state index contributed by atoms with van der Waals surface area (Å²) < 4.78 is 40.9. The highest BCUT2D eigenvalue weighted by Crippen LogP contribution is 2.34. The van der Waals surface area contributed by atoms with Crippen molar-refractivity contribution in [3.63, 3.8) is 0 Å². The topological polar surface area (TPSA) is 38.0 Å². The van der Waals surface area contributed by atoms with Gasteiger partial charge in [-0.05, 0) is 55.3 Å². The smallest absolute Gasteiger partial charge is 0.384 e. The Bertz CT molecular complexity index is 1260. The fourth-order valence-electron chi connectivity index (χ4n) is 3.40. The van der Waals surface area contributed by atoms with Crippen molar-refractivity contribution in [2.45, 2.75) is 25.6 Å². The number of alkyl halides is 3.